The predicted octanol–water partition coefficient (Wildman–Crippen LogP) is 3.96. The number of aromatic nitrogens is 2. The zero-order chi connectivity index (χ0) is 20.1. The monoisotopic (exact) mass is 386 g/mol. The second kappa shape index (κ2) is 8.73. The van der Waals surface area contributed by atoms with Crippen LogP contribution >= 0.6 is 0 Å². The fraction of sp³-hybridized carbons (Fsp3) is 0.450. The maximum absolute atomic E-state index is 9.24. The van der Waals surface area contributed by atoms with Crippen molar-refractivity contribution in [2.24, 2.45) is 5.10 Å². The minimum Gasteiger partial charge on any atom is -0.413 e. The van der Waals surface area contributed by atoms with Gasteiger partial charge in [0.15, 0.2) is 8.32 Å². The van der Waals surface area contributed by atoms with Gasteiger partial charge < -0.3 is 9.53 Å². The summed E-state index contributed by atoms with van der Waals surface area (Å²) < 4.78 is 6.28. The molecule has 2 aromatic rings. The highest BCUT2D eigenvalue weighted by atomic mass is 28.4. The van der Waals surface area contributed by atoms with Crippen LogP contribution in [0.4, 0.5) is 5.82 Å². The zero-order valence-electron chi connectivity index (χ0n) is 17.1. The van der Waals surface area contributed by atoms with E-state index in [1.807, 2.05) is 19.2 Å². The third-order valence-corrected chi connectivity index (χ3v) is 9.42. The Balaban J connectivity index is 2.05. The van der Waals surface area contributed by atoms with Gasteiger partial charge in [0.05, 0.1) is 25.1 Å². The quantitative estimate of drug-likeness (QED) is 0.443. The van der Waals surface area contributed by atoms with E-state index >= 15 is 0 Å². The van der Waals surface area contributed by atoms with Gasteiger partial charge in [0.1, 0.15) is 5.82 Å². The molecule has 0 aromatic carbocycles. The molecule has 6 nitrogen and oxygen atoms in total. The molecule has 0 aliphatic rings. The van der Waals surface area contributed by atoms with Gasteiger partial charge in [-0.2, -0.15) is 5.10 Å². The standard InChI is InChI=1S/C20H30N4O2Si/c1-20(2,3)27(5,6)26-15-17-8-9-21-18(11-17)13-23-24(4)19-12-16(14-25)7-10-22-19/h7-13,25H,14-15H2,1-6H3/b23-13+. The van der Waals surface area contributed by atoms with E-state index in [1.165, 1.54) is 0 Å². The van der Waals surface area contributed by atoms with Crippen LogP contribution in [-0.2, 0) is 17.6 Å². The molecule has 2 aromatic heterocycles. The summed E-state index contributed by atoms with van der Waals surface area (Å²) in [5.74, 6) is 0.662. The molecule has 0 spiro atoms. The number of hydrogen-bond donors (Lipinski definition) is 1. The van der Waals surface area contributed by atoms with Crippen molar-refractivity contribution in [2.45, 2.75) is 52.1 Å². The maximum Gasteiger partial charge on any atom is 0.192 e. The molecule has 0 bridgehead atoms. The van der Waals surface area contributed by atoms with Crippen LogP contribution in [0.25, 0.3) is 0 Å². The molecule has 0 fully saturated rings. The Hall–Kier alpha value is -2.09. The van der Waals surface area contributed by atoms with E-state index in [4.69, 9.17) is 4.43 Å². The lowest BCUT2D eigenvalue weighted by Crippen LogP contribution is -2.40. The molecule has 7 heteroatoms. The maximum atomic E-state index is 9.24. The third-order valence-electron chi connectivity index (χ3n) is 4.94. The number of pyridine rings is 2. The average Bonchev–Trinajstić information content (AvgIpc) is 2.64. The van der Waals surface area contributed by atoms with Crippen molar-refractivity contribution < 1.29 is 9.53 Å². The van der Waals surface area contributed by atoms with Crippen molar-refractivity contribution in [2.75, 3.05) is 12.1 Å². The minimum absolute atomic E-state index is 0.0229. The Labute approximate surface area is 163 Å². The number of aliphatic hydroxyl groups is 1. The summed E-state index contributed by atoms with van der Waals surface area (Å²) in [6.45, 7) is 11.8. The number of rotatable bonds is 7. The first-order chi connectivity index (χ1) is 12.6. The van der Waals surface area contributed by atoms with E-state index in [9.17, 15) is 5.11 Å². The Morgan fingerprint density at radius 1 is 1.15 bits per heavy atom. The summed E-state index contributed by atoms with van der Waals surface area (Å²) >= 11 is 0. The van der Waals surface area contributed by atoms with Crippen molar-refractivity contribution in [3.8, 4) is 0 Å². The minimum atomic E-state index is -1.79. The normalized spacial score (nSPS) is 12.6. The summed E-state index contributed by atoms with van der Waals surface area (Å²) in [6, 6.07) is 7.53. The van der Waals surface area contributed by atoms with E-state index < -0.39 is 8.32 Å². The van der Waals surface area contributed by atoms with Gasteiger partial charge in [-0.3, -0.25) is 9.99 Å². The summed E-state index contributed by atoms with van der Waals surface area (Å²) in [7, 11) is 0.0243. The molecule has 0 aliphatic heterocycles. The lowest BCUT2D eigenvalue weighted by molar-refractivity contribution is 0.276. The zero-order valence-corrected chi connectivity index (χ0v) is 18.1. The topological polar surface area (TPSA) is 70.8 Å². The van der Waals surface area contributed by atoms with Gasteiger partial charge in [0.2, 0.25) is 0 Å². The highest BCUT2D eigenvalue weighted by molar-refractivity contribution is 6.74. The third kappa shape index (κ3) is 5.95. The van der Waals surface area contributed by atoms with Crippen molar-refractivity contribution in [1.29, 1.82) is 0 Å². The fourth-order valence-electron chi connectivity index (χ4n) is 2.08. The first-order valence-corrected chi connectivity index (χ1v) is 12.0. The average molecular weight is 387 g/mol. The molecular formula is C20H30N4O2Si. The fourth-order valence-corrected chi connectivity index (χ4v) is 3.04. The molecule has 0 amide bonds. The largest absolute Gasteiger partial charge is 0.413 e. The summed E-state index contributed by atoms with van der Waals surface area (Å²) in [4.78, 5) is 8.61. The van der Waals surface area contributed by atoms with Crippen LogP contribution in [0.5, 0.6) is 0 Å². The van der Waals surface area contributed by atoms with E-state index in [1.54, 1.807) is 35.7 Å². The molecule has 146 valence electrons. The summed E-state index contributed by atoms with van der Waals surface area (Å²) in [5.41, 5.74) is 2.64. The summed E-state index contributed by atoms with van der Waals surface area (Å²) in [5, 5.41) is 15.5. The highest BCUT2D eigenvalue weighted by Gasteiger charge is 2.36. The van der Waals surface area contributed by atoms with Gasteiger partial charge in [0, 0.05) is 19.4 Å². The van der Waals surface area contributed by atoms with Crippen LogP contribution in [0.1, 0.15) is 37.6 Å². The van der Waals surface area contributed by atoms with E-state index in [2.05, 4.69) is 48.9 Å². The molecular weight excluding hydrogens is 356 g/mol. The molecule has 0 saturated carbocycles. The smallest absolute Gasteiger partial charge is 0.192 e. The van der Waals surface area contributed by atoms with Crippen molar-refractivity contribution in [3.63, 3.8) is 0 Å². The van der Waals surface area contributed by atoms with Gasteiger partial charge in [-0.15, -0.1) is 0 Å². The number of nitrogens with zero attached hydrogens (tertiary/aromatic N) is 4. The lowest BCUT2D eigenvalue weighted by atomic mass is 10.2. The lowest BCUT2D eigenvalue weighted by Gasteiger charge is -2.36. The Morgan fingerprint density at radius 3 is 2.48 bits per heavy atom. The molecule has 2 heterocycles. The van der Waals surface area contributed by atoms with Crippen LogP contribution in [0, 0.1) is 0 Å². The Morgan fingerprint density at radius 2 is 1.81 bits per heavy atom. The van der Waals surface area contributed by atoms with Crippen LogP contribution in [0.15, 0.2) is 41.8 Å². The molecule has 0 radical (unpaired) electrons. The van der Waals surface area contributed by atoms with Crippen molar-refractivity contribution in [1.82, 2.24) is 9.97 Å². The van der Waals surface area contributed by atoms with Gasteiger partial charge >= 0.3 is 0 Å². The molecule has 1 N–H and O–H groups in total. The second-order valence-corrected chi connectivity index (χ2v) is 12.9. The van der Waals surface area contributed by atoms with Crippen LogP contribution < -0.4 is 5.01 Å². The van der Waals surface area contributed by atoms with Crippen LogP contribution in [-0.4, -0.2) is 36.7 Å². The molecule has 0 aliphatic carbocycles. The van der Waals surface area contributed by atoms with Gasteiger partial charge in [0.25, 0.3) is 0 Å². The second-order valence-electron chi connectivity index (χ2n) is 8.09. The Kier molecular flexibility index (Phi) is 6.86. The van der Waals surface area contributed by atoms with Crippen molar-refractivity contribution >= 4 is 20.3 Å². The number of anilines is 1. The van der Waals surface area contributed by atoms with Gasteiger partial charge in [-0.05, 0) is 53.5 Å². The van der Waals surface area contributed by atoms with Crippen LogP contribution in [0.2, 0.25) is 18.1 Å². The summed E-state index contributed by atoms with van der Waals surface area (Å²) in [6.07, 6.45) is 5.13. The predicted molar refractivity (Wildman–Crippen MR) is 112 cm³/mol. The number of hydrogen-bond acceptors (Lipinski definition) is 6. The van der Waals surface area contributed by atoms with E-state index in [-0.39, 0.29) is 11.6 Å². The molecule has 0 atom stereocenters. The number of aliphatic hydroxyl groups excluding tert-OH is 1. The highest BCUT2D eigenvalue weighted by Crippen LogP contribution is 2.37. The Bertz CT molecular complexity index is 788. The molecule has 27 heavy (non-hydrogen) atoms. The molecule has 0 saturated heterocycles. The van der Waals surface area contributed by atoms with Gasteiger partial charge in [-0.25, -0.2) is 4.98 Å². The molecule has 0 unspecified atom stereocenters. The first-order valence-electron chi connectivity index (χ1n) is 9.05. The number of hydrazone groups is 1. The first kappa shape index (κ1) is 21.2. The van der Waals surface area contributed by atoms with Crippen molar-refractivity contribution in [3.05, 3.63) is 53.5 Å². The van der Waals surface area contributed by atoms with Gasteiger partial charge in [-0.1, -0.05) is 20.8 Å². The van der Waals surface area contributed by atoms with E-state index in [0.29, 0.717) is 12.4 Å². The SMILES string of the molecule is CN(/N=C/c1cc(CO[Si](C)(C)C(C)(C)C)ccn1)c1cc(CO)ccn1. The van der Waals surface area contributed by atoms with Crippen LogP contribution in [0.3, 0.4) is 0 Å². The molecule has 2 rings (SSSR count). The van der Waals surface area contributed by atoms with E-state index in [0.717, 1.165) is 16.8 Å².